The molecule has 0 saturated carbocycles. The lowest BCUT2D eigenvalue weighted by Gasteiger charge is -2.27. The van der Waals surface area contributed by atoms with E-state index in [9.17, 15) is 9.59 Å². The third kappa shape index (κ3) is 9.89. The molecular formula is C40H51N3O6. The zero-order valence-corrected chi connectivity index (χ0v) is 30.7. The molecule has 2 amide bonds. The van der Waals surface area contributed by atoms with E-state index in [1.54, 1.807) is 55.8 Å². The predicted octanol–water partition coefficient (Wildman–Crippen LogP) is 8.91. The quantitative estimate of drug-likeness (QED) is 0.153. The minimum absolute atomic E-state index is 0.0756. The molecule has 49 heavy (non-hydrogen) atoms. The number of hydrogen-bond donors (Lipinski definition) is 3. The first-order chi connectivity index (χ1) is 22.9. The van der Waals surface area contributed by atoms with Gasteiger partial charge in [0, 0.05) is 12.1 Å². The molecule has 0 atom stereocenters. The van der Waals surface area contributed by atoms with Crippen molar-refractivity contribution in [3.8, 4) is 33.8 Å². The standard InChI is InChI=1S/C40H51N3O6/c1-38(2,3)29-19-15-25(16-20-29)30-14-12-13-26-23-27(17-21-31(26)30)33-28(18-22-32(46-10)34(33)47-11)24-41-35(42-36(44)48-39(4,5)6)43-37(45)49-40(7,8)9/h12-23,35,41H,24H2,1-11H3,(H,42,44)(H,43,45). The maximum atomic E-state index is 12.7. The Bertz CT molecular complexity index is 1750. The van der Waals surface area contributed by atoms with Crippen molar-refractivity contribution in [1.29, 1.82) is 0 Å². The number of rotatable bonds is 9. The summed E-state index contributed by atoms with van der Waals surface area (Å²) >= 11 is 0. The maximum Gasteiger partial charge on any atom is 0.410 e. The van der Waals surface area contributed by atoms with Gasteiger partial charge in [0.1, 0.15) is 11.2 Å². The van der Waals surface area contributed by atoms with E-state index in [4.69, 9.17) is 18.9 Å². The zero-order chi connectivity index (χ0) is 36.1. The second-order valence-corrected chi connectivity index (χ2v) is 15.0. The highest BCUT2D eigenvalue weighted by Crippen LogP contribution is 2.42. The fraction of sp³-hybridized carbons (Fsp3) is 0.400. The van der Waals surface area contributed by atoms with Crippen LogP contribution in [-0.4, -0.2) is 43.9 Å². The molecule has 0 bridgehead atoms. The Morgan fingerprint density at radius 1 is 0.694 bits per heavy atom. The number of carbonyl (C=O) groups is 2. The van der Waals surface area contributed by atoms with Crippen LogP contribution >= 0.6 is 0 Å². The van der Waals surface area contributed by atoms with Gasteiger partial charge in [-0.2, -0.15) is 0 Å². The van der Waals surface area contributed by atoms with Gasteiger partial charge in [0.25, 0.3) is 0 Å². The molecule has 9 nitrogen and oxygen atoms in total. The monoisotopic (exact) mass is 669 g/mol. The summed E-state index contributed by atoms with van der Waals surface area (Å²) in [6, 6.07) is 25.2. The number of alkyl carbamates (subject to hydrolysis) is 2. The first kappa shape index (κ1) is 37.1. The van der Waals surface area contributed by atoms with E-state index >= 15 is 0 Å². The Balaban J connectivity index is 1.71. The molecule has 4 rings (SSSR count). The number of carbonyl (C=O) groups excluding carboxylic acids is 2. The lowest BCUT2D eigenvalue weighted by molar-refractivity contribution is 0.0405. The minimum atomic E-state index is -1.02. The first-order valence-corrected chi connectivity index (χ1v) is 16.5. The molecule has 4 aromatic carbocycles. The van der Waals surface area contributed by atoms with Crippen molar-refractivity contribution in [2.75, 3.05) is 14.2 Å². The van der Waals surface area contributed by atoms with Crippen LogP contribution in [0.5, 0.6) is 11.5 Å². The van der Waals surface area contributed by atoms with Crippen LogP contribution < -0.4 is 25.4 Å². The van der Waals surface area contributed by atoms with E-state index < -0.39 is 29.7 Å². The molecule has 0 aliphatic heterocycles. The lowest BCUT2D eigenvalue weighted by Crippen LogP contribution is -2.57. The number of benzene rings is 4. The molecule has 0 radical (unpaired) electrons. The Kier molecular flexibility index (Phi) is 11.2. The maximum absolute atomic E-state index is 12.7. The van der Waals surface area contributed by atoms with Crippen molar-refractivity contribution in [1.82, 2.24) is 16.0 Å². The summed E-state index contributed by atoms with van der Waals surface area (Å²) in [6.07, 6.45) is -2.42. The second-order valence-electron chi connectivity index (χ2n) is 15.0. The highest BCUT2D eigenvalue weighted by atomic mass is 16.6. The number of amides is 2. The summed E-state index contributed by atoms with van der Waals surface area (Å²) < 4.78 is 22.5. The van der Waals surface area contributed by atoms with Crippen LogP contribution in [0.3, 0.4) is 0 Å². The largest absolute Gasteiger partial charge is 0.493 e. The van der Waals surface area contributed by atoms with Gasteiger partial charge in [-0.05, 0) is 97.7 Å². The second kappa shape index (κ2) is 14.8. The van der Waals surface area contributed by atoms with Gasteiger partial charge in [0.2, 0.25) is 0 Å². The third-order valence-electron chi connectivity index (χ3n) is 7.68. The number of ether oxygens (including phenoxy) is 4. The highest BCUT2D eigenvalue weighted by molar-refractivity contribution is 5.99. The van der Waals surface area contributed by atoms with Crippen LogP contribution in [0.15, 0.2) is 72.8 Å². The average Bonchev–Trinajstić information content (AvgIpc) is 3.00. The van der Waals surface area contributed by atoms with Gasteiger partial charge in [-0.15, -0.1) is 0 Å². The molecule has 0 aromatic heterocycles. The summed E-state index contributed by atoms with van der Waals surface area (Å²) in [5, 5.41) is 10.8. The number of methoxy groups -OCH3 is 2. The Hall–Kier alpha value is -4.76. The van der Waals surface area contributed by atoms with E-state index in [1.165, 1.54) is 5.56 Å². The lowest BCUT2D eigenvalue weighted by atomic mass is 9.86. The van der Waals surface area contributed by atoms with Crippen LogP contribution in [-0.2, 0) is 21.4 Å². The molecule has 9 heteroatoms. The van der Waals surface area contributed by atoms with E-state index in [0.717, 1.165) is 38.6 Å². The van der Waals surface area contributed by atoms with Crippen LogP contribution in [0.2, 0.25) is 0 Å². The fourth-order valence-corrected chi connectivity index (χ4v) is 5.47. The minimum Gasteiger partial charge on any atom is -0.493 e. The van der Waals surface area contributed by atoms with Gasteiger partial charge in [-0.3, -0.25) is 16.0 Å². The summed E-state index contributed by atoms with van der Waals surface area (Å²) in [6.45, 7) is 17.5. The van der Waals surface area contributed by atoms with Gasteiger partial charge >= 0.3 is 12.2 Å². The van der Waals surface area contributed by atoms with Crippen LogP contribution in [0.1, 0.15) is 73.4 Å². The summed E-state index contributed by atoms with van der Waals surface area (Å²) in [5.41, 5.74) is 4.76. The normalized spacial score (nSPS) is 12.1. The van der Waals surface area contributed by atoms with Crippen molar-refractivity contribution in [3.05, 3.63) is 83.9 Å². The number of fused-ring (bicyclic) bond motifs is 1. The molecule has 0 heterocycles. The van der Waals surface area contributed by atoms with Crippen molar-refractivity contribution in [2.24, 2.45) is 0 Å². The Morgan fingerprint density at radius 3 is 1.82 bits per heavy atom. The molecule has 0 aliphatic rings. The van der Waals surface area contributed by atoms with Gasteiger partial charge in [-0.1, -0.05) is 81.4 Å². The average molecular weight is 670 g/mol. The van der Waals surface area contributed by atoms with Crippen molar-refractivity contribution in [2.45, 2.75) is 91.8 Å². The molecule has 0 spiro atoms. The molecule has 3 N–H and O–H groups in total. The molecule has 0 saturated heterocycles. The van der Waals surface area contributed by atoms with Crippen molar-refractivity contribution in [3.63, 3.8) is 0 Å². The smallest absolute Gasteiger partial charge is 0.410 e. The Morgan fingerprint density at radius 2 is 1.29 bits per heavy atom. The Labute approximate surface area is 290 Å². The van der Waals surface area contributed by atoms with Crippen LogP contribution in [0.4, 0.5) is 9.59 Å². The van der Waals surface area contributed by atoms with Gasteiger partial charge < -0.3 is 18.9 Å². The van der Waals surface area contributed by atoms with Gasteiger partial charge in [-0.25, -0.2) is 9.59 Å². The summed E-state index contributed by atoms with van der Waals surface area (Å²) in [4.78, 5) is 25.5. The first-order valence-electron chi connectivity index (χ1n) is 16.5. The fourth-order valence-electron chi connectivity index (χ4n) is 5.47. The zero-order valence-electron chi connectivity index (χ0n) is 30.7. The van der Waals surface area contributed by atoms with Gasteiger partial charge in [0.05, 0.1) is 14.2 Å². The van der Waals surface area contributed by atoms with E-state index in [2.05, 4.69) is 97.4 Å². The van der Waals surface area contributed by atoms with E-state index in [0.29, 0.717) is 11.5 Å². The topological polar surface area (TPSA) is 107 Å². The van der Waals surface area contributed by atoms with Crippen molar-refractivity contribution >= 4 is 23.0 Å². The van der Waals surface area contributed by atoms with E-state index in [1.807, 2.05) is 12.1 Å². The number of hydrogen-bond acceptors (Lipinski definition) is 7. The van der Waals surface area contributed by atoms with Gasteiger partial charge in [0.15, 0.2) is 17.8 Å². The van der Waals surface area contributed by atoms with Crippen LogP contribution in [0, 0.1) is 0 Å². The van der Waals surface area contributed by atoms with E-state index in [-0.39, 0.29) is 12.0 Å². The molecule has 0 fully saturated rings. The predicted molar refractivity (Wildman–Crippen MR) is 196 cm³/mol. The SMILES string of the molecule is COc1ccc(CNC(NC(=O)OC(C)(C)C)NC(=O)OC(C)(C)C)c(-c2ccc3c(-c4ccc(C(C)(C)C)cc4)cccc3c2)c1OC. The molecule has 4 aromatic rings. The molecular weight excluding hydrogens is 618 g/mol. The molecule has 0 aliphatic carbocycles. The van der Waals surface area contributed by atoms with Crippen molar-refractivity contribution < 1.29 is 28.5 Å². The third-order valence-corrected chi connectivity index (χ3v) is 7.68. The van der Waals surface area contributed by atoms with Crippen LogP contribution in [0.25, 0.3) is 33.0 Å². The summed E-state index contributed by atoms with van der Waals surface area (Å²) in [7, 11) is 3.21. The molecule has 0 unspecified atom stereocenters. The highest BCUT2D eigenvalue weighted by Gasteiger charge is 2.25. The number of nitrogens with one attached hydrogen (secondary N) is 3. The molecule has 262 valence electrons. The summed E-state index contributed by atoms with van der Waals surface area (Å²) in [5.74, 6) is 1.14.